The van der Waals surface area contributed by atoms with Crippen molar-refractivity contribution < 1.29 is 18.0 Å². The molecule has 3 heterocycles. The van der Waals surface area contributed by atoms with E-state index in [4.69, 9.17) is 11.6 Å². The van der Waals surface area contributed by atoms with Gasteiger partial charge in [0.25, 0.3) is 0 Å². The number of thioether (sulfide) groups is 1. The van der Waals surface area contributed by atoms with Crippen LogP contribution in [0.2, 0.25) is 5.02 Å². The fraction of sp³-hybridized carbons (Fsp3) is 0.594. The Morgan fingerprint density at radius 1 is 0.976 bits per heavy atom. The fourth-order valence-electron chi connectivity index (χ4n) is 6.57. The second-order valence-electron chi connectivity index (χ2n) is 13.1. The number of halogens is 4. The van der Waals surface area contributed by atoms with E-state index >= 15 is 0 Å². The predicted molar refractivity (Wildman–Crippen MR) is 167 cm³/mol. The molecule has 42 heavy (non-hydrogen) atoms. The molecule has 3 saturated heterocycles. The van der Waals surface area contributed by atoms with Crippen molar-refractivity contribution >= 4 is 40.6 Å². The monoisotopic (exact) mass is 622 g/mol. The first-order valence-corrected chi connectivity index (χ1v) is 16.2. The lowest BCUT2D eigenvalue weighted by Crippen LogP contribution is -2.42. The van der Waals surface area contributed by atoms with Crippen LogP contribution in [0.15, 0.2) is 47.4 Å². The van der Waals surface area contributed by atoms with Crippen LogP contribution >= 0.6 is 23.4 Å². The van der Waals surface area contributed by atoms with E-state index in [0.29, 0.717) is 37.0 Å². The first-order chi connectivity index (χ1) is 19.8. The van der Waals surface area contributed by atoms with Crippen molar-refractivity contribution in [2.45, 2.75) is 68.3 Å². The van der Waals surface area contributed by atoms with E-state index in [1.165, 1.54) is 23.4 Å². The molecular formula is C32H42ClF3N4OS. The number of fused-ring (bicyclic) bond motifs is 1. The number of piperidine rings is 1. The average molecular weight is 623 g/mol. The van der Waals surface area contributed by atoms with Crippen LogP contribution in [0.5, 0.6) is 0 Å². The summed E-state index contributed by atoms with van der Waals surface area (Å²) in [5.74, 6) is 1.59. The second-order valence-corrected chi connectivity index (χ2v) is 14.6. The number of carbonyl (C=O) groups is 1. The number of rotatable bonds is 8. The molecule has 5 rings (SSSR count). The second kappa shape index (κ2) is 12.9. The summed E-state index contributed by atoms with van der Waals surface area (Å²) in [7, 11) is 0. The van der Waals surface area contributed by atoms with Crippen LogP contribution in [0.3, 0.4) is 0 Å². The Hall–Kier alpha value is -2.10. The van der Waals surface area contributed by atoms with Crippen LogP contribution in [-0.4, -0.2) is 73.1 Å². The molecule has 2 aromatic rings. The SMILES string of the molecule is CC(C)(C)c1ccc(N2CC3CN(CCCC(=O)N4CCC(Nc5ccc(Cl)c(SC(F)(F)F)c5)CC4)C[C@H]3C2)cc1. The van der Waals surface area contributed by atoms with Gasteiger partial charge >= 0.3 is 5.51 Å². The number of nitrogens with one attached hydrogen (secondary N) is 1. The molecule has 1 amide bonds. The molecule has 3 aliphatic rings. The fourth-order valence-corrected chi connectivity index (χ4v) is 7.41. The Bertz CT molecular complexity index is 1210. The van der Waals surface area contributed by atoms with Crippen molar-refractivity contribution in [3.05, 3.63) is 53.1 Å². The Labute approximate surface area is 257 Å². The Kier molecular flexibility index (Phi) is 9.60. The molecule has 5 nitrogen and oxygen atoms in total. The highest BCUT2D eigenvalue weighted by atomic mass is 35.5. The van der Waals surface area contributed by atoms with Gasteiger partial charge in [0.2, 0.25) is 5.91 Å². The van der Waals surface area contributed by atoms with Gasteiger partial charge in [0.1, 0.15) is 0 Å². The first kappa shape index (κ1) is 31.3. The van der Waals surface area contributed by atoms with E-state index in [-0.39, 0.29) is 39.0 Å². The number of alkyl halides is 3. The largest absolute Gasteiger partial charge is 0.446 e. The van der Waals surface area contributed by atoms with Gasteiger partial charge in [-0.2, -0.15) is 13.2 Å². The van der Waals surface area contributed by atoms with Crippen LogP contribution in [0.1, 0.15) is 52.0 Å². The standard InChI is InChI=1S/C32H42ClF3N4OS/c1-31(2,3)24-6-9-27(10-7-24)40-20-22-18-38(19-23(22)21-40)14-4-5-30(41)39-15-12-25(13-16-39)37-26-8-11-28(33)29(17-26)42-32(34,35)36/h6-11,17,22-23,25,37H,4-5,12-16,18-21H2,1-3H3/t22-,23?/m0/s1. The number of amides is 1. The molecule has 0 aliphatic carbocycles. The minimum Gasteiger partial charge on any atom is -0.382 e. The van der Waals surface area contributed by atoms with E-state index in [1.54, 1.807) is 6.07 Å². The summed E-state index contributed by atoms with van der Waals surface area (Å²) in [4.78, 5) is 19.9. The zero-order valence-corrected chi connectivity index (χ0v) is 26.3. The van der Waals surface area contributed by atoms with E-state index < -0.39 is 5.51 Å². The minimum absolute atomic E-state index is 0.00774. The molecule has 1 N–H and O–H groups in total. The molecule has 2 atom stereocenters. The predicted octanol–water partition coefficient (Wildman–Crippen LogP) is 7.50. The molecule has 0 bridgehead atoms. The minimum atomic E-state index is -4.39. The van der Waals surface area contributed by atoms with Gasteiger partial charge in [0.15, 0.2) is 0 Å². The Morgan fingerprint density at radius 3 is 2.21 bits per heavy atom. The maximum atomic E-state index is 12.9. The van der Waals surface area contributed by atoms with Gasteiger partial charge in [-0.3, -0.25) is 4.79 Å². The van der Waals surface area contributed by atoms with Crippen molar-refractivity contribution in [2.24, 2.45) is 11.8 Å². The third kappa shape index (κ3) is 8.08. The van der Waals surface area contributed by atoms with Gasteiger partial charge in [-0.25, -0.2) is 0 Å². The highest BCUT2D eigenvalue weighted by Crippen LogP contribution is 2.41. The van der Waals surface area contributed by atoms with E-state index in [2.05, 4.69) is 60.2 Å². The average Bonchev–Trinajstić information content (AvgIpc) is 3.49. The van der Waals surface area contributed by atoms with Crippen molar-refractivity contribution in [2.75, 3.05) is 56.0 Å². The summed E-state index contributed by atoms with van der Waals surface area (Å²) in [5, 5.41) is 3.41. The normalized spacial score (nSPS) is 22.1. The van der Waals surface area contributed by atoms with Gasteiger partial charge in [0, 0.05) is 68.0 Å². The lowest BCUT2D eigenvalue weighted by Gasteiger charge is -2.33. The topological polar surface area (TPSA) is 38.8 Å². The molecule has 3 aliphatic heterocycles. The highest BCUT2D eigenvalue weighted by Gasteiger charge is 2.40. The van der Waals surface area contributed by atoms with Crippen molar-refractivity contribution in [3.8, 4) is 0 Å². The quantitative estimate of drug-likeness (QED) is 0.309. The summed E-state index contributed by atoms with van der Waals surface area (Å²) in [6.45, 7) is 13.5. The van der Waals surface area contributed by atoms with Crippen LogP contribution in [-0.2, 0) is 10.2 Å². The van der Waals surface area contributed by atoms with Crippen molar-refractivity contribution in [1.82, 2.24) is 9.80 Å². The van der Waals surface area contributed by atoms with Crippen LogP contribution < -0.4 is 10.2 Å². The molecule has 230 valence electrons. The smallest absolute Gasteiger partial charge is 0.382 e. The number of nitrogens with zero attached hydrogens (tertiary/aromatic N) is 3. The van der Waals surface area contributed by atoms with Gasteiger partial charge < -0.3 is 20.0 Å². The van der Waals surface area contributed by atoms with E-state index in [0.717, 1.165) is 52.0 Å². The lowest BCUT2D eigenvalue weighted by atomic mass is 9.87. The van der Waals surface area contributed by atoms with Gasteiger partial charge in [-0.1, -0.05) is 44.5 Å². The zero-order valence-electron chi connectivity index (χ0n) is 24.7. The number of hydrogen-bond donors (Lipinski definition) is 1. The lowest BCUT2D eigenvalue weighted by molar-refractivity contribution is -0.132. The van der Waals surface area contributed by atoms with Crippen LogP contribution in [0, 0.1) is 11.8 Å². The molecule has 0 radical (unpaired) electrons. The first-order valence-electron chi connectivity index (χ1n) is 15.0. The van der Waals surface area contributed by atoms with Gasteiger partial charge in [-0.15, -0.1) is 0 Å². The van der Waals surface area contributed by atoms with E-state index in [1.807, 2.05) is 4.90 Å². The van der Waals surface area contributed by atoms with Gasteiger partial charge in [0.05, 0.1) is 5.02 Å². The van der Waals surface area contributed by atoms with Crippen LogP contribution in [0.25, 0.3) is 0 Å². The Morgan fingerprint density at radius 2 is 1.62 bits per heavy atom. The maximum absolute atomic E-state index is 12.9. The van der Waals surface area contributed by atoms with Crippen molar-refractivity contribution in [1.29, 1.82) is 0 Å². The third-order valence-electron chi connectivity index (χ3n) is 8.90. The molecular weight excluding hydrogens is 581 g/mol. The maximum Gasteiger partial charge on any atom is 0.446 e. The van der Waals surface area contributed by atoms with E-state index in [9.17, 15) is 18.0 Å². The molecule has 0 saturated carbocycles. The zero-order chi connectivity index (χ0) is 30.1. The summed E-state index contributed by atoms with van der Waals surface area (Å²) in [6, 6.07) is 13.8. The summed E-state index contributed by atoms with van der Waals surface area (Å²) in [5.41, 5.74) is -0.907. The molecule has 10 heteroatoms. The molecule has 0 aromatic heterocycles. The Balaban J connectivity index is 0.995. The van der Waals surface area contributed by atoms with Crippen LogP contribution in [0.4, 0.5) is 24.5 Å². The summed E-state index contributed by atoms with van der Waals surface area (Å²) < 4.78 is 38.4. The van der Waals surface area contributed by atoms with Gasteiger partial charge in [-0.05, 0) is 90.7 Å². The number of likely N-dealkylation sites (tertiary alicyclic amines) is 2. The molecule has 1 unspecified atom stereocenters. The molecule has 0 spiro atoms. The summed E-state index contributed by atoms with van der Waals surface area (Å²) in [6.07, 6.45) is 2.96. The number of carbonyl (C=O) groups excluding carboxylic acids is 1. The highest BCUT2D eigenvalue weighted by molar-refractivity contribution is 8.00. The number of anilines is 2. The molecule has 2 aromatic carbocycles. The number of benzene rings is 2. The molecule has 3 fully saturated rings. The van der Waals surface area contributed by atoms with Crippen molar-refractivity contribution in [3.63, 3.8) is 0 Å². The number of hydrogen-bond acceptors (Lipinski definition) is 5. The summed E-state index contributed by atoms with van der Waals surface area (Å²) >= 11 is 5.75. The third-order valence-corrected chi connectivity index (χ3v) is 10.1.